The van der Waals surface area contributed by atoms with Crippen molar-refractivity contribution < 1.29 is 22.6 Å². The van der Waals surface area contributed by atoms with Crippen LogP contribution in [-0.2, 0) is 17.7 Å². The zero-order valence-electron chi connectivity index (χ0n) is 17.2. The van der Waals surface area contributed by atoms with Gasteiger partial charge in [-0.1, -0.05) is 23.5 Å². The summed E-state index contributed by atoms with van der Waals surface area (Å²) in [5.41, 5.74) is -1.64. The maximum absolute atomic E-state index is 14.3. The summed E-state index contributed by atoms with van der Waals surface area (Å²) in [6.45, 7) is 1.52. The fraction of sp³-hybridized carbons (Fsp3) is 0.545. The molecule has 1 aromatic heterocycles. The third kappa shape index (κ3) is 4.04. The van der Waals surface area contributed by atoms with Crippen LogP contribution in [0.2, 0.25) is 0 Å². The van der Waals surface area contributed by atoms with Gasteiger partial charge in [-0.25, -0.2) is 4.98 Å². The zero-order chi connectivity index (χ0) is 22.1. The molecule has 0 spiro atoms. The summed E-state index contributed by atoms with van der Waals surface area (Å²) in [5, 5.41) is 10.5. The number of hydrogen-bond acceptors (Lipinski definition) is 6. The zero-order valence-corrected chi connectivity index (χ0v) is 18.1. The van der Waals surface area contributed by atoms with E-state index in [0.717, 1.165) is 10.6 Å². The molecule has 4 rings (SSSR count). The molecule has 2 aliphatic heterocycles. The second-order valence-electron chi connectivity index (χ2n) is 8.25. The highest BCUT2D eigenvalue weighted by Crippen LogP contribution is 2.59. The lowest BCUT2D eigenvalue weighted by Crippen LogP contribution is -2.67. The molecule has 2 aromatic rings. The van der Waals surface area contributed by atoms with Gasteiger partial charge in [0.1, 0.15) is 5.01 Å². The van der Waals surface area contributed by atoms with E-state index < -0.39 is 17.2 Å². The highest BCUT2D eigenvalue weighted by molar-refractivity contribution is 7.13. The molecule has 0 bridgehead atoms. The van der Waals surface area contributed by atoms with Gasteiger partial charge in [0.25, 0.3) is 0 Å². The molecule has 0 N–H and O–H groups in total. The Balaban J connectivity index is 1.55. The number of likely N-dealkylation sites (tertiary alicyclic amines) is 1. The van der Waals surface area contributed by atoms with E-state index in [0.29, 0.717) is 49.5 Å². The van der Waals surface area contributed by atoms with Crippen molar-refractivity contribution >= 4 is 11.3 Å². The molecule has 3 heterocycles. The van der Waals surface area contributed by atoms with Gasteiger partial charge in [-0.3, -0.25) is 4.90 Å². The van der Waals surface area contributed by atoms with Crippen molar-refractivity contribution in [1.82, 2.24) is 9.88 Å². The van der Waals surface area contributed by atoms with Gasteiger partial charge in [0, 0.05) is 18.4 Å². The number of hydrogen-bond donors (Lipinski definition) is 0. The standard InChI is InChI=1S/C22H24F3N3O2S/c1-29-19-13-27-18(31-19)14-28-10-8-20(15-28,21(9-11-30-21)22(23,24)25)7-6-16-2-4-17(12-26)5-3-16/h2-5,13H,6-11,14-15H2,1H3/t20-,21?/m1/s1. The van der Waals surface area contributed by atoms with E-state index in [1.165, 1.54) is 11.3 Å². The van der Waals surface area contributed by atoms with E-state index in [-0.39, 0.29) is 13.0 Å². The van der Waals surface area contributed by atoms with Gasteiger partial charge in [0.15, 0.2) is 10.7 Å². The number of aromatic nitrogens is 1. The molecule has 2 saturated heterocycles. The molecule has 0 aliphatic carbocycles. The van der Waals surface area contributed by atoms with Crippen molar-refractivity contribution in [2.45, 2.75) is 44.0 Å². The lowest BCUT2D eigenvalue weighted by atomic mass is 9.63. The molecule has 2 aliphatic rings. The van der Waals surface area contributed by atoms with E-state index in [1.807, 2.05) is 17.0 Å². The minimum atomic E-state index is -4.42. The number of rotatable bonds is 7. The van der Waals surface area contributed by atoms with E-state index in [9.17, 15) is 13.2 Å². The molecule has 1 unspecified atom stereocenters. The van der Waals surface area contributed by atoms with E-state index >= 15 is 0 Å². The van der Waals surface area contributed by atoms with Crippen LogP contribution >= 0.6 is 11.3 Å². The Labute approximate surface area is 183 Å². The minimum Gasteiger partial charge on any atom is -0.486 e. The van der Waals surface area contributed by atoms with Crippen LogP contribution in [-0.4, -0.2) is 48.5 Å². The molecule has 31 heavy (non-hydrogen) atoms. The molecule has 0 radical (unpaired) electrons. The lowest BCUT2D eigenvalue weighted by molar-refractivity contribution is -0.366. The topological polar surface area (TPSA) is 58.4 Å². The number of nitriles is 1. The van der Waals surface area contributed by atoms with Crippen LogP contribution in [0.1, 0.15) is 35.4 Å². The lowest BCUT2D eigenvalue weighted by Gasteiger charge is -2.54. The van der Waals surface area contributed by atoms with Crippen LogP contribution in [0.4, 0.5) is 13.2 Å². The van der Waals surface area contributed by atoms with Gasteiger partial charge >= 0.3 is 6.18 Å². The largest absolute Gasteiger partial charge is 0.486 e. The first kappa shape index (κ1) is 22.1. The molecule has 166 valence electrons. The van der Waals surface area contributed by atoms with Crippen LogP contribution in [0.15, 0.2) is 30.5 Å². The predicted octanol–water partition coefficient (Wildman–Crippen LogP) is 4.57. The molecular weight excluding hydrogens is 427 g/mol. The van der Waals surface area contributed by atoms with Crippen LogP contribution in [0.5, 0.6) is 5.06 Å². The maximum Gasteiger partial charge on any atom is 0.418 e. The molecule has 2 atom stereocenters. The predicted molar refractivity (Wildman–Crippen MR) is 110 cm³/mol. The third-order valence-electron chi connectivity index (χ3n) is 6.62. The summed E-state index contributed by atoms with van der Waals surface area (Å²) in [6, 6.07) is 9.12. The number of ether oxygens (including phenoxy) is 2. The van der Waals surface area contributed by atoms with Crippen molar-refractivity contribution in [2.24, 2.45) is 5.41 Å². The third-order valence-corrected chi connectivity index (χ3v) is 7.56. The highest BCUT2D eigenvalue weighted by atomic mass is 32.1. The van der Waals surface area contributed by atoms with Crippen LogP contribution < -0.4 is 4.74 Å². The van der Waals surface area contributed by atoms with Crippen LogP contribution in [0, 0.1) is 16.7 Å². The molecule has 2 fully saturated rings. The fourth-order valence-electron chi connectivity index (χ4n) is 4.86. The summed E-state index contributed by atoms with van der Waals surface area (Å²) in [7, 11) is 1.57. The van der Waals surface area contributed by atoms with Crippen molar-refractivity contribution in [1.29, 1.82) is 5.26 Å². The smallest absolute Gasteiger partial charge is 0.418 e. The highest BCUT2D eigenvalue weighted by Gasteiger charge is 2.71. The Hall–Kier alpha value is -2.15. The Morgan fingerprint density at radius 2 is 2.03 bits per heavy atom. The van der Waals surface area contributed by atoms with Crippen molar-refractivity contribution in [2.75, 3.05) is 26.8 Å². The Kier molecular flexibility index (Phi) is 5.99. The monoisotopic (exact) mass is 451 g/mol. The Morgan fingerprint density at radius 1 is 1.29 bits per heavy atom. The number of nitrogens with zero attached hydrogens (tertiary/aromatic N) is 3. The SMILES string of the molecule is COc1cnc(CN2CC[C@@](CCc3ccc(C#N)cc3)(C3(C(F)(F)F)CCO3)C2)s1. The molecule has 1 aromatic carbocycles. The van der Waals surface area contributed by atoms with Gasteiger partial charge in [-0.05, 0) is 43.5 Å². The van der Waals surface area contributed by atoms with Gasteiger partial charge in [0.2, 0.25) is 0 Å². The normalized spacial score (nSPS) is 26.4. The summed E-state index contributed by atoms with van der Waals surface area (Å²) < 4.78 is 53.4. The maximum atomic E-state index is 14.3. The number of methoxy groups -OCH3 is 1. The van der Waals surface area contributed by atoms with Crippen molar-refractivity contribution in [3.8, 4) is 11.1 Å². The van der Waals surface area contributed by atoms with Crippen molar-refractivity contribution in [3.05, 3.63) is 46.6 Å². The average molecular weight is 452 g/mol. The first-order valence-corrected chi connectivity index (χ1v) is 11.0. The second-order valence-corrected chi connectivity index (χ2v) is 9.33. The minimum absolute atomic E-state index is 0.00276. The molecule has 0 saturated carbocycles. The second kappa shape index (κ2) is 8.41. The summed E-state index contributed by atoms with van der Waals surface area (Å²) in [6.07, 6.45) is -1.48. The Bertz CT molecular complexity index is 950. The molecule has 0 amide bonds. The molecule has 9 heteroatoms. The molecule has 5 nitrogen and oxygen atoms in total. The first-order chi connectivity index (χ1) is 14.8. The van der Waals surface area contributed by atoms with Gasteiger partial charge < -0.3 is 9.47 Å². The molecular formula is C22H24F3N3O2S. The average Bonchev–Trinajstić information content (AvgIpc) is 3.33. The van der Waals surface area contributed by atoms with E-state index in [4.69, 9.17) is 14.7 Å². The number of thiazole rings is 1. The Morgan fingerprint density at radius 3 is 2.58 bits per heavy atom. The van der Waals surface area contributed by atoms with Crippen LogP contribution in [0.3, 0.4) is 0 Å². The summed E-state index contributed by atoms with van der Waals surface area (Å²) in [5.74, 6) is 0. The van der Waals surface area contributed by atoms with Crippen molar-refractivity contribution in [3.63, 3.8) is 0 Å². The number of alkyl halides is 3. The van der Waals surface area contributed by atoms with E-state index in [1.54, 1.807) is 25.4 Å². The first-order valence-electron chi connectivity index (χ1n) is 10.2. The number of benzene rings is 1. The van der Waals surface area contributed by atoms with E-state index in [2.05, 4.69) is 11.1 Å². The van der Waals surface area contributed by atoms with Crippen LogP contribution in [0.25, 0.3) is 0 Å². The quantitative estimate of drug-likeness (QED) is 0.617. The fourth-order valence-corrected chi connectivity index (χ4v) is 5.63. The van der Waals surface area contributed by atoms with Gasteiger partial charge in [-0.2, -0.15) is 18.4 Å². The summed E-state index contributed by atoms with van der Waals surface area (Å²) in [4.78, 5) is 6.37. The van der Waals surface area contributed by atoms with Gasteiger partial charge in [0.05, 0.1) is 38.1 Å². The summed E-state index contributed by atoms with van der Waals surface area (Å²) >= 11 is 1.41. The number of aryl methyl sites for hydroxylation is 1. The number of halogens is 3. The van der Waals surface area contributed by atoms with Gasteiger partial charge in [-0.15, -0.1) is 0 Å².